The largest absolute Gasteiger partial charge is 0.480 e. The van der Waals surface area contributed by atoms with Gasteiger partial charge in [0.1, 0.15) is 17.5 Å². The maximum Gasteiger partial charge on any atom is 0.331 e. The molecule has 2 rings (SSSR count). The van der Waals surface area contributed by atoms with Gasteiger partial charge in [0.05, 0.1) is 24.1 Å². The van der Waals surface area contributed by atoms with Crippen molar-refractivity contribution in [2.75, 3.05) is 6.61 Å². The zero-order valence-corrected chi connectivity index (χ0v) is 16.0. The van der Waals surface area contributed by atoms with Crippen LogP contribution >= 0.6 is 11.8 Å². The van der Waals surface area contributed by atoms with E-state index >= 15 is 0 Å². The summed E-state index contributed by atoms with van der Waals surface area (Å²) in [4.78, 5) is 47.1. The van der Waals surface area contributed by atoms with Gasteiger partial charge in [0.25, 0.3) is 5.56 Å². The molecule has 1 aliphatic heterocycles. The van der Waals surface area contributed by atoms with E-state index in [0.29, 0.717) is 11.8 Å². The first kappa shape index (κ1) is 23.1. The summed E-state index contributed by atoms with van der Waals surface area (Å²) in [6.45, 7) is -0.758. The lowest BCUT2D eigenvalue weighted by Gasteiger charge is -2.27. The van der Waals surface area contributed by atoms with E-state index in [1.165, 1.54) is 7.05 Å². The van der Waals surface area contributed by atoms with Crippen molar-refractivity contribution in [3.63, 3.8) is 0 Å². The first-order valence-electron chi connectivity index (χ1n) is 8.38. The van der Waals surface area contributed by atoms with Crippen LogP contribution < -0.4 is 22.3 Å². The Hall–Kier alpha value is -2.23. The van der Waals surface area contributed by atoms with Crippen molar-refractivity contribution in [2.24, 2.45) is 12.8 Å². The number of hydrogen-bond donors (Lipinski definition) is 7. The molecule has 1 saturated heterocycles. The summed E-state index contributed by atoms with van der Waals surface area (Å²) in [5, 5.41) is 48.8. The highest BCUT2D eigenvalue weighted by molar-refractivity contribution is 8.00. The summed E-state index contributed by atoms with van der Waals surface area (Å²) in [6, 6.07) is -2.26. The number of nitrogens with one attached hydrogen (secondary N) is 1. The van der Waals surface area contributed by atoms with Gasteiger partial charge in [-0.1, -0.05) is 0 Å². The van der Waals surface area contributed by atoms with E-state index in [2.05, 4.69) is 0 Å². The molecule has 1 amide bonds. The fraction of sp³-hybridized carbons (Fsp3) is 0.600. The summed E-state index contributed by atoms with van der Waals surface area (Å²) in [5.74, 6) is -2.68. The van der Waals surface area contributed by atoms with Crippen LogP contribution in [0.1, 0.15) is 5.37 Å². The molecule has 0 radical (unpaired) electrons. The van der Waals surface area contributed by atoms with Crippen molar-refractivity contribution in [3.05, 3.63) is 33.1 Å². The third-order valence-corrected chi connectivity index (χ3v) is 6.20. The number of thioether (sulfide) groups is 1. The average Bonchev–Trinajstić information content (AvgIpc) is 2.97. The van der Waals surface area contributed by atoms with Crippen molar-refractivity contribution in [3.8, 4) is 0 Å². The second-order valence-corrected chi connectivity index (χ2v) is 7.78. The van der Waals surface area contributed by atoms with Crippen LogP contribution in [0.3, 0.4) is 0 Å². The van der Waals surface area contributed by atoms with Gasteiger partial charge in [-0.2, -0.15) is 0 Å². The second kappa shape index (κ2) is 9.06. The number of amides is 1. The highest BCUT2D eigenvalue weighted by atomic mass is 32.2. The van der Waals surface area contributed by atoms with E-state index in [9.17, 15) is 39.6 Å². The molecule has 29 heavy (non-hydrogen) atoms. The summed E-state index contributed by atoms with van der Waals surface area (Å²) in [6.07, 6.45) is -4.01. The number of aliphatic hydroxyl groups is 4. The smallest absolute Gasteiger partial charge is 0.331 e. The van der Waals surface area contributed by atoms with Crippen LogP contribution in [0.4, 0.5) is 0 Å². The molecule has 0 aliphatic carbocycles. The van der Waals surface area contributed by atoms with Gasteiger partial charge in [0.2, 0.25) is 5.91 Å². The zero-order valence-electron chi connectivity index (χ0n) is 15.2. The number of nitrogens with two attached hydrogens (primary N) is 1. The number of carboxylic acids is 1. The van der Waals surface area contributed by atoms with Gasteiger partial charge >= 0.3 is 11.7 Å². The Bertz CT molecular complexity index is 887. The van der Waals surface area contributed by atoms with Gasteiger partial charge in [-0.15, -0.1) is 11.8 Å². The highest BCUT2D eigenvalue weighted by Crippen LogP contribution is 2.43. The molecule has 0 spiro atoms. The maximum atomic E-state index is 12.3. The molecule has 2 heterocycles. The Morgan fingerprint density at radius 1 is 1.31 bits per heavy atom. The Labute approximate surface area is 167 Å². The zero-order chi connectivity index (χ0) is 22.0. The molecule has 162 valence electrons. The third-order valence-electron chi connectivity index (χ3n) is 4.54. The van der Waals surface area contributed by atoms with Crippen LogP contribution in [0.25, 0.3) is 0 Å². The van der Waals surface area contributed by atoms with E-state index in [1.54, 1.807) is 0 Å². The highest BCUT2D eigenvalue weighted by Gasteiger charge is 2.50. The Morgan fingerprint density at radius 2 is 1.93 bits per heavy atom. The quantitative estimate of drug-likeness (QED) is 0.216. The van der Waals surface area contributed by atoms with Gasteiger partial charge in [0.15, 0.2) is 6.04 Å². The number of rotatable bonds is 7. The predicted octanol–water partition coefficient (Wildman–Crippen LogP) is -4.87. The monoisotopic (exact) mass is 434 g/mol. The van der Waals surface area contributed by atoms with Gasteiger partial charge in [-0.05, 0) is 0 Å². The molecule has 8 N–H and O–H groups in total. The van der Waals surface area contributed by atoms with E-state index in [-0.39, 0.29) is 0 Å². The van der Waals surface area contributed by atoms with Crippen molar-refractivity contribution in [2.45, 2.75) is 41.0 Å². The number of aromatic nitrogens is 2. The molecule has 13 nitrogen and oxygen atoms in total. The van der Waals surface area contributed by atoms with Crippen molar-refractivity contribution < 1.29 is 35.1 Å². The fourth-order valence-corrected chi connectivity index (χ4v) is 4.38. The van der Waals surface area contributed by atoms with Gasteiger partial charge in [-0.3, -0.25) is 18.7 Å². The topological polar surface area (TPSA) is 217 Å². The molecule has 1 fully saturated rings. The van der Waals surface area contributed by atoms with Crippen LogP contribution in [-0.4, -0.2) is 88.8 Å². The minimum Gasteiger partial charge on any atom is -0.480 e. The number of aliphatic hydroxyl groups excluding tert-OH is 4. The van der Waals surface area contributed by atoms with E-state index < -0.39 is 70.8 Å². The number of carboxylic acid groups (broad SMARTS) is 1. The second-order valence-electron chi connectivity index (χ2n) is 6.48. The summed E-state index contributed by atoms with van der Waals surface area (Å²) >= 11 is 0.706. The standard InChI is InChI=1S/C15H22N4O9S/c1-18-6(21)2-3-19(15(18)28)13-10(24)9(23)11(29-13)8(22)7(14(26)27)17-12(25)5(16)4-20/h2-3,5,7-11,13,20,22-24H,4,16H2,1H3,(H,17,25)(H,26,27)/t5-,7-,8+,9+,10+,11+,13+/m0/s1. The average molecular weight is 434 g/mol. The molecular weight excluding hydrogens is 412 g/mol. The molecule has 0 aromatic carbocycles. The Kier molecular flexibility index (Phi) is 7.20. The lowest BCUT2D eigenvalue weighted by molar-refractivity contribution is -0.146. The molecule has 1 aromatic rings. The molecule has 1 aromatic heterocycles. The minimum absolute atomic E-state index is 0.588. The Balaban J connectivity index is 2.29. The van der Waals surface area contributed by atoms with Crippen molar-refractivity contribution in [1.29, 1.82) is 0 Å². The number of aliphatic carboxylic acids is 1. The summed E-state index contributed by atoms with van der Waals surface area (Å²) < 4.78 is 1.75. The molecule has 1 aliphatic rings. The summed E-state index contributed by atoms with van der Waals surface area (Å²) in [5.41, 5.74) is 3.94. The molecule has 0 unspecified atom stereocenters. The van der Waals surface area contributed by atoms with Crippen LogP contribution in [0.5, 0.6) is 0 Å². The van der Waals surface area contributed by atoms with Crippen LogP contribution in [0.15, 0.2) is 21.9 Å². The minimum atomic E-state index is -1.91. The van der Waals surface area contributed by atoms with Crippen LogP contribution in [0.2, 0.25) is 0 Å². The summed E-state index contributed by atoms with van der Waals surface area (Å²) in [7, 11) is 1.22. The molecular formula is C15H22N4O9S. The van der Waals surface area contributed by atoms with E-state index in [0.717, 1.165) is 21.4 Å². The predicted molar refractivity (Wildman–Crippen MR) is 99.0 cm³/mol. The SMILES string of the molecule is Cn1c(=O)ccn([C@@H]2S[C@H]([C@H](O)[C@H](NC(=O)[C@@H](N)CO)C(=O)O)[C@H](O)[C@H]2O)c1=O. The molecule has 0 bridgehead atoms. The number of hydrogen-bond acceptors (Lipinski definition) is 10. The fourth-order valence-electron chi connectivity index (χ4n) is 2.80. The maximum absolute atomic E-state index is 12.3. The lowest BCUT2D eigenvalue weighted by atomic mass is 10.00. The number of nitrogens with zero attached hydrogens (tertiary/aromatic N) is 2. The third kappa shape index (κ3) is 4.52. The first-order valence-corrected chi connectivity index (χ1v) is 9.33. The molecule has 7 atom stereocenters. The Morgan fingerprint density at radius 3 is 2.48 bits per heavy atom. The normalized spacial score (nSPS) is 27.2. The number of carbonyl (C=O) groups is 2. The number of carbonyl (C=O) groups excluding carboxylic acids is 1. The van der Waals surface area contributed by atoms with Gasteiger partial charge in [-0.25, -0.2) is 9.59 Å². The van der Waals surface area contributed by atoms with Gasteiger partial charge < -0.3 is 36.6 Å². The van der Waals surface area contributed by atoms with Crippen molar-refractivity contribution in [1.82, 2.24) is 14.5 Å². The van der Waals surface area contributed by atoms with E-state index in [1.807, 2.05) is 5.32 Å². The van der Waals surface area contributed by atoms with Crippen LogP contribution in [0, 0.1) is 0 Å². The molecule has 0 saturated carbocycles. The van der Waals surface area contributed by atoms with Crippen molar-refractivity contribution >= 4 is 23.6 Å². The molecule has 14 heteroatoms. The lowest BCUT2D eigenvalue weighted by Crippen LogP contribution is -2.57. The van der Waals surface area contributed by atoms with Crippen LogP contribution in [-0.2, 0) is 16.6 Å². The first-order chi connectivity index (χ1) is 13.5. The van der Waals surface area contributed by atoms with E-state index in [4.69, 9.17) is 10.8 Å². The van der Waals surface area contributed by atoms with Gasteiger partial charge in [0, 0.05) is 19.3 Å².